The van der Waals surface area contributed by atoms with Gasteiger partial charge in [-0.3, -0.25) is 9.59 Å². The van der Waals surface area contributed by atoms with E-state index in [0.717, 1.165) is 35.5 Å². The van der Waals surface area contributed by atoms with Crippen molar-refractivity contribution in [3.63, 3.8) is 0 Å². The molecule has 1 saturated heterocycles. The van der Waals surface area contributed by atoms with Gasteiger partial charge in [-0.15, -0.1) is 0 Å². The Kier molecular flexibility index (Phi) is 6.33. The van der Waals surface area contributed by atoms with Crippen molar-refractivity contribution in [2.24, 2.45) is 5.92 Å². The maximum atomic E-state index is 13.4. The van der Waals surface area contributed by atoms with Crippen LogP contribution in [0.1, 0.15) is 40.2 Å². The second-order valence-corrected chi connectivity index (χ2v) is 8.78. The summed E-state index contributed by atoms with van der Waals surface area (Å²) in [6.07, 6.45) is 3.20. The second kappa shape index (κ2) is 9.17. The van der Waals surface area contributed by atoms with Crippen molar-refractivity contribution in [2.45, 2.75) is 33.6 Å². The lowest BCUT2D eigenvalue weighted by atomic mass is 9.96. The molecule has 6 nitrogen and oxygen atoms in total. The average molecular weight is 451 g/mol. The molecular formula is C25H27ClN4O2. The smallest absolute Gasteiger partial charge is 0.255 e. The standard InChI is InChI=1S/C25H27ClN4O2/c1-16-7-5-11-27-23(16)28-24(31)19-8-6-12-29(15-19)25(32)22-13-17(2)30(18(22)3)21-10-4-9-20(26)14-21/h4-5,7,9-11,13-14,19H,6,8,12,15H2,1-3H3,(H,27,28,31). The highest BCUT2D eigenvalue weighted by Gasteiger charge is 2.31. The van der Waals surface area contributed by atoms with Gasteiger partial charge in [-0.05, 0) is 69.5 Å². The zero-order chi connectivity index (χ0) is 22.8. The van der Waals surface area contributed by atoms with E-state index in [2.05, 4.69) is 10.3 Å². The third-order valence-electron chi connectivity index (χ3n) is 6.06. The zero-order valence-corrected chi connectivity index (χ0v) is 19.3. The lowest BCUT2D eigenvalue weighted by Crippen LogP contribution is -2.44. The van der Waals surface area contributed by atoms with E-state index < -0.39 is 0 Å². The number of halogens is 1. The number of amides is 2. The number of nitrogens with one attached hydrogen (secondary N) is 1. The minimum Gasteiger partial charge on any atom is -0.338 e. The first-order valence-electron chi connectivity index (χ1n) is 10.8. The second-order valence-electron chi connectivity index (χ2n) is 8.35. The molecule has 1 aromatic carbocycles. The Hall–Kier alpha value is -3.12. The summed E-state index contributed by atoms with van der Waals surface area (Å²) in [6, 6.07) is 13.3. The summed E-state index contributed by atoms with van der Waals surface area (Å²) in [5, 5.41) is 3.57. The number of carbonyl (C=O) groups excluding carboxylic acids is 2. The fourth-order valence-corrected chi connectivity index (χ4v) is 4.56. The molecule has 1 N–H and O–H groups in total. The third-order valence-corrected chi connectivity index (χ3v) is 6.29. The van der Waals surface area contributed by atoms with Gasteiger partial charge in [-0.25, -0.2) is 4.98 Å². The van der Waals surface area contributed by atoms with E-state index in [1.807, 2.05) is 67.8 Å². The van der Waals surface area contributed by atoms with E-state index in [0.29, 0.717) is 29.5 Å². The third kappa shape index (κ3) is 4.41. The van der Waals surface area contributed by atoms with E-state index in [9.17, 15) is 9.59 Å². The number of carbonyl (C=O) groups is 2. The lowest BCUT2D eigenvalue weighted by molar-refractivity contribution is -0.121. The molecule has 0 saturated carbocycles. The molecule has 4 rings (SSSR count). The van der Waals surface area contributed by atoms with E-state index in [4.69, 9.17) is 11.6 Å². The van der Waals surface area contributed by atoms with Crippen molar-refractivity contribution in [3.05, 3.63) is 76.2 Å². The van der Waals surface area contributed by atoms with Crippen LogP contribution in [-0.4, -0.2) is 39.4 Å². The van der Waals surface area contributed by atoms with E-state index >= 15 is 0 Å². The molecule has 0 bridgehead atoms. The average Bonchev–Trinajstić information content (AvgIpc) is 3.08. The number of hydrogen-bond donors (Lipinski definition) is 1. The Morgan fingerprint density at radius 2 is 1.94 bits per heavy atom. The van der Waals surface area contributed by atoms with Gasteiger partial charge in [0.05, 0.1) is 11.5 Å². The van der Waals surface area contributed by atoms with Gasteiger partial charge in [-0.1, -0.05) is 23.7 Å². The van der Waals surface area contributed by atoms with Crippen molar-refractivity contribution in [1.82, 2.24) is 14.5 Å². The van der Waals surface area contributed by atoms with Crippen LogP contribution in [0.3, 0.4) is 0 Å². The number of anilines is 1. The van der Waals surface area contributed by atoms with Crippen LogP contribution in [0.5, 0.6) is 0 Å². The van der Waals surface area contributed by atoms with Crippen molar-refractivity contribution in [1.29, 1.82) is 0 Å². The van der Waals surface area contributed by atoms with Crippen molar-refractivity contribution in [3.8, 4) is 5.69 Å². The quantitative estimate of drug-likeness (QED) is 0.612. The molecule has 3 aromatic rings. The molecule has 7 heteroatoms. The fourth-order valence-electron chi connectivity index (χ4n) is 4.37. The molecule has 0 spiro atoms. The Balaban J connectivity index is 1.52. The van der Waals surface area contributed by atoms with Crippen LogP contribution in [-0.2, 0) is 4.79 Å². The number of likely N-dealkylation sites (tertiary alicyclic amines) is 1. The van der Waals surface area contributed by atoms with Crippen molar-refractivity contribution < 1.29 is 9.59 Å². The molecule has 2 aromatic heterocycles. The first-order chi connectivity index (χ1) is 15.3. The molecule has 1 fully saturated rings. The van der Waals surface area contributed by atoms with Gasteiger partial charge >= 0.3 is 0 Å². The number of aromatic nitrogens is 2. The molecule has 2 amide bonds. The molecule has 32 heavy (non-hydrogen) atoms. The van der Waals surface area contributed by atoms with Gasteiger partial charge in [0.15, 0.2) is 0 Å². The monoisotopic (exact) mass is 450 g/mol. The summed E-state index contributed by atoms with van der Waals surface area (Å²) >= 11 is 6.17. The number of nitrogens with zero attached hydrogens (tertiary/aromatic N) is 3. The maximum Gasteiger partial charge on any atom is 0.255 e. The molecule has 1 aliphatic heterocycles. The maximum absolute atomic E-state index is 13.4. The zero-order valence-electron chi connectivity index (χ0n) is 18.6. The van der Waals surface area contributed by atoms with Gasteiger partial charge in [-0.2, -0.15) is 0 Å². The predicted molar refractivity (Wildman–Crippen MR) is 126 cm³/mol. The van der Waals surface area contributed by atoms with Crippen LogP contribution in [0.2, 0.25) is 5.02 Å². The fraction of sp³-hybridized carbons (Fsp3) is 0.320. The van der Waals surface area contributed by atoms with Crippen LogP contribution in [0.25, 0.3) is 5.69 Å². The summed E-state index contributed by atoms with van der Waals surface area (Å²) < 4.78 is 2.04. The highest BCUT2D eigenvalue weighted by atomic mass is 35.5. The largest absolute Gasteiger partial charge is 0.338 e. The summed E-state index contributed by atoms with van der Waals surface area (Å²) in [7, 11) is 0. The number of benzene rings is 1. The molecule has 1 atom stereocenters. The van der Waals surface area contributed by atoms with Gasteiger partial charge < -0.3 is 14.8 Å². The van der Waals surface area contributed by atoms with E-state index in [1.54, 1.807) is 11.1 Å². The summed E-state index contributed by atoms with van der Waals surface area (Å²) in [5.41, 5.74) is 4.32. The number of hydrogen-bond acceptors (Lipinski definition) is 3. The van der Waals surface area contributed by atoms with Gasteiger partial charge in [0.2, 0.25) is 5.91 Å². The van der Waals surface area contributed by atoms with Gasteiger partial charge in [0.25, 0.3) is 5.91 Å². The number of piperidine rings is 1. The van der Waals surface area contributed by atoms with Crippen LogP contribution in [0.4, 0.5) is 5.82 Å². The molecular weight excluding hydrogens is 424 g/mol. The van der Waals surface area contributed by atoms with Crippen LogP contribution < -0.4 is 5.32 Å². The normalized spacial score (nSPS) is 16.1. The molecule has 1 aliphatic rings. The van der Waals surface area contributed by atoms with Crippen LogP contribution in [0, 0.1) is 26.7 Å². The number of rotatable bonds is 4. The first-order valence-corrected chi connectivity index (χ1v) is 11.2. The van der Waals surface area contributed by atoms with Gasteiger partial charge in [0, 0.05) is 41.4 Å². The lowest BCUT2D eigenvalue weighted by Gasteiger charge is -2.32. The Morgan fingerprint density at radius 1 is 1.12 bits per heavy atom. The van der Waals surface area contributed by atoms with Gasteiger partial charge in [0.1, 0.15) is 5.82 Å². The minimum absolute atomic E-state index is 0.0436. The molecule has 166 valence electrons. The highest BCUT2D eigenvalue weighted by Crippen LogP contribution is 2.26. The van der Waals surface area contributed by atoms with Crippen molar-refractivity contribution in [2.75, 3.05) is 18.4 Å². The summed E-state index contributed by atoms with van der Waals surface area (Å²) in [4.78, 5) is 32.3. The topological polar surface area (TPSA) is 67.2 Å². The van der Waals surface area contributed by atoms with Crippen LogP contribution >= 0.6 is 11.6 Å². The first kappa shape index (κ1) is 22.1. The van der Waals surface area contributed by atoms with Crippen molar-refractivity contribution >= 4 is 29.2 Å². The predicted octanol–water partition coefficient (Wildman–Crippen LogP) is 4.94. The van der Waals surface area contributed by atoms with E-state index in [1.165, 1.54) is 0 Å². The molecule has 3 heterocycles. The number of aryl methyl sites for hydroxylation is 2. The minimum atomic E-state index is -0.259. The highest BCUT2D eigenvalue weighted by molar-refractivity contribution is 6.30. The van der Waals surface area contributed by atoms with Crippen LogP contribution in [0.15, 0.2) is 48.7 Å². The SMILES string of the molecule is Cc1cccnc1NC(=O)C1CCCN(C(=O)c2cc(C)n(-c3cccc(Cl)c3)c2C)C1. The molecule has 1 unspecified atom stereocenters. The summed E-state index contributed by atoms with van der Waals surface area (Å²) in [6.45, 7) is 6.88. The number of pyridine rings is 1. The van der Waals surface area contributed by atoms with E-state index in [-0.39, 0.29) is 17.7 Å². The molecule has 0 aliphatic carbocycles. The Labute approximate surface area is 193 Å². The Morgan fingerprint density at radius 3 is 2.69 bits per heavy atom. The Bertz CT molecular complexity index is 1170. The summed E-state index contributed by atoms with van der Waals surface area (Å²) in [5.74, 6) is 0.183. The molecule has 0 radical (unpaired) electrons.